The Hall–Kier alpha value is -3.73. The Kier molecular flexibility index (Phi) is 6.54. The van der Waals surface area contributed by atoms with Crippen LogP contribution in [0.4, 0.5) is 5.69 Å². The van der Waals surface area contributed by atoms with E-state index in [0.29, 0.717) is 10.8 Å². The summed E-state index contributed by atoms with van der Waals surface area (Å²) in [6.45, 7) is 5.06. The Morgan fingerprint density at radius 1 is 1.12 bits per heavy atom. The standard InChI is InChI=1S/C22H23N5O5S/c1-10-16(19(31)12-7-5-4-6-11(12)18(10)30)24-20(32)17(26-27-21(33)25-23)15-13(28)8-22(2,3)9-14(15)29/h4-7,15,23,30-31H,8-9H2,1-3H3,(H,24,32)(H,27,33)/b25-23?,26-17-. The lowest BCUT2D eigenvalue weighted by Gasteiger charge is -2.32. The molecular weight excluding hydrogens is 446 g/mol. The zero-order valence-corrected chi connectivity index (χ0v) is 19.0. The molecule has 1 fully saturated rings. The minimum atomic E-state index is -1.45. The van der Waals surface area contributed by atoms with E-state index in [1.165, 1.54) is 6.92 Å². The first-order valence-corrected chi connectivity index (χ1v) is 10.4. The lowest BCUT2D eigenvalue weighted by atomic mass is 9.70. The van der Waals surface area contributed by atoms with Crippen LogP contribution in [0.5, 0.6) is 11.5 Å². The summed E-state index contributed by atoms with van der Waals surface area (Å²) in [5, 5.41) is 30.9. The van der Waals surface area contributed by atoms with Crippen molar-refractivity contribution in [3.8, 4) is 11.5 Å². The maximum atomic E-state index is 13.2. The second-order valence-corrected chi connectivity index (χ2v) is 8.99. The number of fused-ring (bicyclic) bond motifs is 1. The van der Waals surface area contributed by atoms with Crippen molar-refractivity contribution in [2.75, 3.05) is 5.32 Å². The quantitative estimate of drug-likeness (QED) is 0.0871. The number of hydrazone groups is 1. The van der Waals surface area contributed by atoms with Crippen LogP contribution in [0.2, 0.25) is 0 Å². The molecule has 0 heterocycles. The first-order valence-electron chi connectivity index (χ1n) is 10.0. The van der Waals surface area contributed by atoms with Crippen molar-refractivity contribution in [3.05, 3.63) is 29.8 Å². The number of benzene rings is 2. The van der Waals surface area contributed by atoms with Crippen LogP contribution in [-0.2, 0) is 14.4 Å². The second-order valence-electron chi connectivity index (χ2n) is 8.61. The number of hydrogen-bond acceptors (Lipinski definition) is 8. The summed E-state index contributed by atoms with van der Waals surface area (Å²) >= 11 is 4.75. The van der Waals surface area contributed by atoms with E-state index in [-0.39, 0.29) is 40.7 Å². The Balaban J connectivity index is 2.05. The smallest absolute Gasteiger partial charge is 0.273 e. The van der Waals surface area contributed by atoms with E-state index in [2.05, 4.69) is 21.0 Å². The van der Waals surface area contributed by atoms with E-state index in [4.69, 9.17) is 17.7 Å². The van der Waals surface area contributed by atoms with Gasteiger partial charge in [0.25, 0.3) is 5.91 Å². The number of aromatic hydroxyl groups is 2. The predicted octanol–water partition coefficient (Wildman–Crippen LogP) is 3.33. The Bertz CT molecular complexity index is 1220. The molecule has 11 heteroatoms. The molecule has 10 nitrogen and oxygen atoms in total. The molecule has 5 N–H and O–H groups in total. The third kappa shape index (κ3) is 4.72. The number of phenols is 2. The highest BCUT2D eigenvalue weighted by atomic mass is 32.1. The first kappa shape index (κ1) is 23.9. The van der Waals surface area contributed by atoms with Gasteiger partial charge < -0.3 is 15.5 Å². The van der Waals surface area contributed by atoms with Crippen molar-refractivity contribution in [2.45, 2.75) is 33.6 Å². The molecule has 1 amide bonds. The van der Waals surface area contributed by atoms with Gasteiger partial charge in [-0.25, -0.2) is 5.53 Å². The largest absolute Gasteiger partial charge is 0.507 e. The van der Waals surface area contributed by atoms with Crippen LogP contribution in [0.3, 0.4) is 0 Å². The van der Waals surface area contributed by atoms with E-state index in [0.717, 1.165) is 0 Å². The number of thiocarbonyl (C=S) groups is 1. The zero-order chi connectivity index (χ0) is 24.5. The predicted molar refractivity (Wildman–Crippen MR) is 125 cm³/mol. The highest BCUT2D eigenvalue weighted by Crippen LogP contribution is 2.42. The number of carbonyl (C=O) groups is 3. The number of rotatable bonds is 4. The number of ketones is 2. The van der Waals surface area contributed by atoms with Gasteiger partial charge in [-0.05, 0) is 24.6 Å². The number of carbonyl (C=O) groups excluding carboxylic acids is 3. The summed E-state index contributed by atoms with van der Waals surface area (Å²) in [4.78, 5) is 38.8. The van der Waals surface area contributed by atoms with Gasteiger partial charge in [0.1, 0.15) is 34.7 Å². The van der Waals surface area contributed by atoms with Crippen molar-refractivity contribution < 1.29 is 24.6 Å². The molecule has 1 saturated carbocycles. The van der Waals surface area contributed by atoms with Gasteiger partial charge in [-0.15, -0.1) is 5.11 Å². The van der Waals surface area contributed by atoms with Gasteiger partial charge in [0.15, 0.2) is 0 Å². The van der Waals surface area contributed by atoms with Crippen LogP contribution in [0.15, 0.2) is 34.5 Å². The van der Waals surface area contributed by atoms with Crippen LogP contribution in [-0.4, -0.2) is 38.5 Å². The maximum Gasteiger partial charge on any atom is 0.273 e. The molecule has 2 aromatic rings. The van der Waals surface area contributed by atoms with Gasteiger partial charge in [-0.2, -0.15) is 5.10 Å². The molecule has 2 aromatic carbocycles. The molecule has 1 aliphatic carbocycles. The summed E-state index contributed by atoms with van der Waals surface area (Å²) in [7, 11) is 0. The highest BCUT2D eigenvalue weighted by molar-refractivity contribution is 7.80. The Morgan fingerprint density at radius 2 is 1.67 bits per heavy atom. The molecule has 0 saturated heterocycles. The van der Waals surface area contributed by atoms with Gasteiger partial charge >= 0.3 is 0 Å². The molecular formula is C22H23N5O5S. The maximum absolute atomic E-state index is 13.2. The number of Topliss-reactive ketones (excluding diaryl/α,β-unsaturated/α-hetero) is 2. The van der Waals surface area contributed by atoms with E-state index in [1.54, 1.807) is 38.1 Å². The van der Waals surface area contributed by atoms with Crippen molar-refractivity contribution in [3.63, 3.8) is 0 Å². The van der Waals surface area contributed by atoms with Gasteiger partial charge in [0, 0.05) is 29.2 Å². The van der Waals surface area contributed by atoms with Crippen molar-refractivity contribution in [2.24, 2.45) is 21.5 Å². The van der Waals surface area contributed by atoms with Gasteiger partial charge in [-0.3, -0.25) is 19.8 Å². The summed E-state index contributed by atoms with van der Waals surface area (Å²) in [5.74, 6) is -3.80. The fraction of sp³-hybridized carbons (Fsp3) is 0.318. The van der Waals surface area contributed by atoms with Gasteiger partial charge in [0.2, 0.25) is 5.11 Å². The summed E-state index contributed by atoms with van der Waals surface area (Å²) < 4.78 is 0. The zero-order valence-electron chi connectivity index (χ0n) is 18.2. The molecule has 0 radical (unpaired) electrons. The molecule has 0 bridgehead atoms. The molecule has 3 rings (SSSR count). The van der Waals surface area contributed by atoms with Gasteiger partial charge in [-0.1, -0.05) is 38.1 Å². The second kappa shape index (κ2) is 9.02. The molecule has 33 heavy (non-hydrogen) atoms. The first-order chi connectivity index (χ1) is 15.5. The van der Waals surface area contributed by atoms with Crippen LogP contribution < -0.4 is 10.7 Å². The number of hydrogen-bond donors (Lipinski definition) is 5. The molecule has 1 aliphatic rings. The topological polar surface area (TPSA) is 164 Å². The molecule has 0 spiro atoms. The highest BCUT2D eigenvalue weighted by Gasteiger charge is 2.44. The monoisotopic (exact) mass is 469 g/mol. The van der Waals surface area contributed by atoms with E-state index < -0.39 is 34.5 Å². The van der Waals surface area contributed by atoms with Crippen LogP contribution in [0, 0.1) is 23.8 Å². The molecule has 0 aromatic heterocycles. The average molecular weight is 470 g/mol. The molecule has 0 aliphatic heterocycles. The van der Waals surface area contributed by atoms with E-state index in [1.807, 2.05) is 0 Å². The minimum Gasteiger partial charge on any atom is -0.507 e. The number of phenolic OH excluding ortho intramolecular Hbond substituents is 2. The summed E-state index contributed by atoms with van der Waals surface area (Å²) in [6.07, 6.45) is 0.119. The minimum absolute atomic E-state index is 0.0595. The fourth-order valence-electron chi connectivity index (χ4n) is 3.93. The van der Waals surface area contributed by atoms with Gasteiger partial charge in [0.05, 0.1) is 5.69 Å². The molecule has 0 unspecified atom stereocenters. The summed E-state index contributed by atoms with van der Waals surface area (Å²) in [6, 6.07) is 6.54. The van der Waals surface area contributed by atoms with Crippen LogP contribution in [0.1, 0.15) is 32.3 Å². The van der Waals surface area contributed by atoms with E-state index in [9.17, 15) is 24.6 Å². The average Bonchev–Trinajstić information content (AvgIpc) is 2.75. The number of anilines is 1. The van der Waals surface area contributed by atoms with Crippen LogP contribution >= 0.6 is 12.2 Å². The molecule has 172 valence electrons. The number of nitrogens with zero attached hydrogens (tertiary/aromatic N) is 2. The van der Waals surface area contributed by atoms with Crippen LogP contribution in [0.25, 0.3) is 10.8 Å². The van der Waals surface area contributed by atoms with E-state index >= 15 is 0 Å². The fourth-order valence-corrected chi connectivity index (χ4v) is 3.98. The Labute approximate surface area is 194 Å². The lowest BCUT2D eigenvalue weighted by molar-refractivity contribution is -0.137. The van der Waals surface area contributed by atoms with Crippen molar-refractivity contribution in [1.29, 1.82) is 5.53 Å². The number of amides is 1. The Morgan fingerprint density at radius 3 is 2.21 bits per heavy atom. The lowest BCUT2D eigenvalue weighted by Crippen LogP contribution is -2.46. The third-order valence-electron chi connectivity index (χ3n) is 5.47. The molecule has 0 atom stereocenters. The third-order valence-corrected chi connectivity index (χ3v) is 5.65. The number of nitrogens with one attached hydrogen (secondary N) is 3. The van der Waals surface area contributed by atoms with Crippen molar-refractivity contribution in [1.82, 2.24) is 5.43 Å². The normalized spacial score (nSPS) is 16.5. The summed E-state index contributed by atoms with van der Waals surface area (Å²) in [5.41, 5.74) is 8.22. The van der Waals surface area contributed by atoms with Crippen molar-refractivity contribution >= 4 is 57.0 Å². The SMILES string of the molecule is Cc1c(NC(=O)/C(=N\NC(=S)N=N)C2C(=O)CC(C)(C)CC2=O)c(O)c2ccccc2c1O.